The average Bonchev–Trinajstić information content (AvgIpc) is 0.856. The Kier molecular flexibility index (Phi) is 40.0. The molecule has 35 heteroatoms. The third kappa shape index (κ3) is 34.5. The van der Waals surface area contributed by atoms with Gasteiger partial charge in [-0.05, 0) is 126 Å². The molecule has 586 valence electrons. The SMILES string of the molecule is CC(C)C[C@H](NC(=O)[C@H](CC(C)C)NC(=O)[C@H](CCCCN)NC(=O)[C@@H](N)CC(C)C)C(=O)N[C@@H](CO)C(=O)N[C@H](C(=O)N[C@@H](CC(C)C)C(=O)N[C@@H](Cc1ccccc1)C(=O)N[C@@H](C)C(=O)N[C@@H](CC(N)=O)C(=O)N[C@@H](Cc1ccc(O)cc1)C(=O)N[C@@H](C)C(=O)NCC(=O)N[C@@H](C)C(=O)O)[C@@H](C)O. The number of nitrogens with two attached hydrogens (primary N) is 3. The van der Waals surface area contributed by atoms with Gasteiger partial charge >= 0.3 is 5.97 Å². The Bertz CT molecular complexity index is 3250. The first kappa shape index (κ1) is 91.2. The molecule has 0 aliphatic carbocycles. The summed E-state index contributed by atoms with van der Waals surface area (Å²) in [4.78, 5) is 203. The molecular formula is C70H112N16O19. The zero-order chi connectivity index (χ0) is 79.5. The van der Waals surface area contributed by atoms with Crippen molar-refractivity contribution in [1.82, 2.24) is 69.1 Å². The van der Waals surface area contributed by atoms with Crippen molar-refractivity contribution in [1.29, 1.82) is 0 Å². The minimum absolute atomic E-state index is 0.0120. The summed E-state index contributed by atoms with van der Waals surface area (Å²) in [5.41, 5.74) is 18.2. The maximum absolute atomic E-state index is 14.5. The van der Waals surface area contributed by atoms with E-state index < -0.39 is 193 Å². The van der Waals surface area contributed by atoms with Crippen LogP contribution in [0.15, 0.2) is 54.6 Å². The van der Waals surface area contributed by atoms with Crippen LogP contribution in [0.1, 0.15) is 146 Å². The van der Waals surface area contributed by atoms with Crippen molar-refractivity contribution >= 4 is 88.7 Å². The fraction of sp³-hybridized carbons (Fsp3) is 0.614. The van der Waals surface area contributed by atoms with Gasteiger partial charge in [-0.2, -0.15) is 0 Å². The van der Waals surface area contributed by atoms with Crippen LogP contribution in [-0.2, 0) is 84.8 Å². The van der Waals surface area contributed by atoms with Gasteiger partial charge in [-0.25, -0.2) is 0 Å². The number of nitrogens with one attached hydrogen (secondary N) is 13. The Labute approximate surface area is 611 Å². The van der Waals surface area contributed by atoms with Crippen molar-refractivity contribution in [2.75, 3.05) is 19.7 Å². The standard InChI is InChI=1S/C70H112N16O19/c1-35(2)26-46(72)60(94)78-47(20-16-17-25-71)61(95)80-48(27-36(3)4)64(98)81-49(28-37(5)6)66(100)85-54(34-87)68(102)86-57(42(12)88)69(103)84-50(29-38(7)8)65(99)82-51(30-43-18-14-13-15-19-43)63(97)77-40(10)59(93)79-53(32-55(73)90)67(101)83-52(31-44-21-23-45(89)24-22-44)62(96)76-39(9)58(92)74-33-56(91)75-41(11)70(104)105/h13-15,18-19,21-24,35-42,46-54,57,87-89H,16-17,20,25-34,71-72H2,1-12H3,(H2,73,90)(H,74,92)(H,75,91)(H,76,96)(H,77,97)(H,78,94)(H,79,93)(H,80,95)(H,81,98)(H,82,99)(H,83,101)(H,84,103)(H,85,100)(H,86,102)(H,104,105)/t39-,40-,41-,42+,46-,47-,48-,49-,50-,51-,52-,53-,54-,57-/m0/s1. The Morgan fingerprint density at radius 3 is 1.24 bits per heavy atom. The number of carbonyl (C=O) groups excluding carboxylic acids is 14. The second kappa shape index (κ2) is 46.1. The largest absolute Gasteiger partial charge is 0.508 e. The molecule has 2 aromatic rings. The van der Waals surface area contributed by atoms with Gasteiger partial charge < -0.3 is 107 Å². The van der Waals surface area contributed by atoms with Crippen LogP contribution in [0.3, 0.4) is 0 Å². The molecule has 0 bridgehead atoms. The van der Waals surface area contributed by atoms with Gasteiger partial charge in [0.1, 0.15) is 78.3 Å². The smallest absolute Gasteiger partial charge is 0.325 e. The predicted molar refractivity (Wildman–Crippen MR) is 384 cm³/mol. The number of carbonyl (C=O) groups is 15. The number of phenolic OH excluding ortho intramolecular Hbond substituents is 1. The molecule has 23 N–H and O–H groups in total. The molecule has 0 spiro atoms. The van der Waals surface area contributed by atoms with Gasteiger partial charge in [0.25, 0.3) is 0 Å². The molecule has 14 amide bonds. The molecule has 35 nitrogen and oxygen atoms in total. The number of unbranched alkanes of at least 4 members (excludes halogenated alkanes) is 1. The minimum atomic E-state index is -1.87. The molecule has 0 aromatic heterocycles. The summed E-state index contributed by atoms with van der Waals surface area (Å²) in [6.07, 6.45) is -1.59. The first-order chi connectivity index (χ1) is 49.2. The highest BCUT2D eigenvalue weighted by Gasteiger charge is 2.38. The van der Waals surface area contributed by atoms with Gasteiger partial charge in [-0.3, -0.25) is 71.9 Å². The fourth-order valence-electron chi connectivity index (χ4n) is 10.5. The van der Waals surface area contributed by atoms with Crippen LogP contribution in [0.4, 0.5) is 0 Å². The number of aromatic hydroxyl groups is 1. The van der Waals surface area contributed by atoms with Gasteiger partial charge in [-0.15, -0.1) is 0 Å². The first-order valence-electron chi connectivity index (χ1n) is 35.1. The van der Waals surface area contributed by atoms with E-state index in [1.165, 1.54) is 45.0 Å². The van der Waals surface area contributed by atoms with E-state index in [1.807, 2.05) is 13.8 Å². The number of carboxylic acid groups (broad SMARTS) is 1. The zero-order valence-corrected chi connectivity index (χ0v) is 61.9. The summed E-state index contributed by atoms with van der Waals surface area (Å²) in [6, 6.07) is -5.26. The number of hydrogen-bond acceptors (Lipinski definition) is 20. The Hall–Kier alpha value is -9.87. The lowest BCUT2D eigenvalue weighted by molar-refractivity contribution is -0.141. The third-order valence-electron chi connectivity index (χ3n) is 16.2. The topological polar surface area (TPSA) is 571 Å². The first-order valence-corrected chi connectivity index (χ1v) is 35.1. The Morgan fingerprint density at radius 1 is 0.410 bits per heavy atom. The minimum Gasteiger partial charge on any atom is -0.508 e. The maximum atomic E-state index is 14.5. The summed E-state index contributed by atoms with van der Waals surface area (Å²) in [5, 5.41) is 72.5. The number of rotatable bonds is 47. The van der Waals surface area contributed by atoms with Gasteiger partial charge in [0, 0.05) is 12.8 Å². The van der Waals surface area contributed by atoms with Gasteiger partial charge in [0.15, 0.2) is 0 Å². The average molecular weight is 1480 g/mol. The summed E-state index contributed by atoms with van der Waals surface area (Å²) < 4.78 is 0. The van der Waals surface area contributed by atoms with Crippen LogP contribution in [0.25, 0.3) is 0 Å². The molecule has 0 aliphatic rings. The van der Waals surface area contributed by atoms with Crippen molar-refractivity contribution in [2.24, 2.45) is 40.9 Å². The third-order valence-corrected chi connectivity index (χ3v) is 16.2. The lowest BCUT2D eigenvalue weighted by Crippen LogP contribution is -2.62. The van der Waals surface area contributed by atoms with Crippen LogP contribution >= 0.6 is 0 Å². The summed E-state index contributed by atoms with van der Waals surface area (Å²) in [5.74, 6) is -15.5. The number of benzene rings is 2. The number of amides is 14. The molecule has 0 radical (unpaired) electrons. The maximum Gasteiger partial charge on any atom is 0.325 e. The van der Waals surface area contributed by atoms with Crippen LogP contribution < -0.4 is 86.3 Å². The van der Waals surface area contributed by atoms with E-state index in [1.54, 1.807) is 71.9 Å². The molecule has 2 rings (SSSR count). The van der Waals surface area contributed by atoms with Crippen molar-refractivity contribution in [2.45, 2.75) is 232 Å². The van der Waals surface area contributed by atoms with E-state index in [9.17, 15) is 87.2 Å². The second-order valence-electron chi connectivity index (χ2n) is 27.8. The highest BCUT2D eigenvalue weighted by molar-refractivity contribution is 6.00. The molecule has 0 unspecified atom stereocenters. The van der Waals surface area contributed by atoms with Crippen LogP contribution in [-0.4, -0.2) is 213 Å². The molecule has 0 aliphatic heterocycles. The molecule has 105 heavy (non-hydrogen) atoms. The monoisotopic (exact) mass is 1480 g/mol. The van der Waals surface area contributed by atoms with Gasteiger partial charge in [0.2, 0.25) is 82.7 Å². The predicted octanol–water partition coefficient (Wildman–Crippen LogP) is -3.86. The molecule has 0 heterocycles. The number of aliphatic hydroxyl groups is 2. The van der Waals surface area contributed by atoms with Crippen molar-refractivity contribution in [3.63, 3.8) is 0 Å². The van der Waals surface area contributed by atoms with Gasteiger partial charge in [-0.1, -0.05) is 97.9 Å². The number of phenols is 1. The van der Waals surface area contributed by atoms with Crippen molar-refractivity contribution in [3.8, 4) is 5.75 Å². The van der Waals surface area contributed by atoms with E-state index in [2.05, 4.69) is 69.1 Å². The molecular weight excluding hydrogens is 1370 g/mol. The van der Waals surface area contributed by atoms with Crippen LogP contribution in [0.5, 0.6) is 5.75 Å². The van der Waals surface area contributed by atoms with E-state index in [0.29, 0.717) is 36.9 Å². The highest BCUT2D eigenvalue weighted by atomic mass is 16.4. The fourth-order valence-corrected chi connectivity index (χ4v) is 10.5. The Morgan fingerprint density at radius 2 is 0.800 bits per heavy atom. The lowest BCUT2D eigenvalue weighted by Gasteiger charge is -2.29. The van der Waals surface area contributed by atoms with Crippen LogP contribution in [0.2, 0.25) is 0 Å². The number of carboxylic acids is 1. The molecule has 0 saturated carbocycles. The van der Waals surface area contributed by atoms with E-state index in [-0.39, 0.29) is 67.9 Å². The Balaban J connectivity index is 2.40. The quantitative estimate of drug-likeness (QED) is 0.0282. The number of primary amides is 1. The summed E-state index contributed by atoms with van der Waals surface area (Å²) in [6.45, 7) is 17.7. The van der Waals surface area contributed by atoms with Crippen molar-refractivity contribution < 1.29 is 92.3 Å². The number of hydrogen-bond donors (Lipinski definition) is 20. The molecule has 0 saturated heterocycles. The normalized spacial score (nSPS) is 15.3. The zero-order valence-electron chi connectivity index (χ0n) is 61.9. The second-order valence-corrected chi connectivity index (χ2v) is 27.8. The van der Waals surface area contributed by atoms with E-state index in [0.717, 1.165) is 6.92 Å². The molecule has 14 atom stereocenters. The number of aliphatic hydroxyl groups excluding tert-OH is 2. The highest BCUT2D eigenvalue weighted by Crippen LogP contribution is 2.16. The van der Waals surface area contributed by atoms with Gasteiger partial charge in [0.05, 0.1) is 31.7 Å². The molecule has 2 aromatic carbocycles. The number of aliphatic carboxylic acids is 1. The van der Waals surface area contributed by atoms with E-state index >= 15 is 0 Å². The van der Waals surface area contributed by atoms with E-state index in [4.69, 9.17) is 22.3 Å². The molecule has 0 fully saturated rings. The van der Waals surface area contributed by atoms with Crippen molar-refractivity contribution in [3.05, 3.63) is 65.7 Å². The summed E-state index contributed by atoms with van der Waals surface area (Å²) >= 11 is 0. The van der Waals surface area contributed by atoms with Crippen LogP contribution in [0, 0.1) is 23.7 Å². The summed E-state index contributed by atoms with van der Waals surface area (Å²) in [7, 11) is 0. The lowest BCUT2D eigenvalue weighted by atomic mass is 9.99.